The highest BCUT2D eigenvalue weighted by atomic mass is 15.0. The first kappa shape index (κ1) is 10.7. The summed E-state index contributed by atoms with van der Waals surface area (Å²) in [5, 5.41) is 12.0. The number of nitriles is 1. The van der Waals surface area contributed by atoms with Crippen LogP contribution in [0.5, 0.6) is 0 Å². The Bertz CT molecular complexity index is 417. The van der Waals surface area contributed by atoms with Crippen molar-refractivity contribution in [3.63, 3.8) is 0 Å². The van der Waals surface area contributed by atoms with Crippen LogP contribution in [0, 0.1) is 17.2 Å². The lowest BCUT2D eigenvalue weighted by Gasteiger charge is -2.18. The van der Waals surface area contributed by atoms with E-state index in [0.29, 0.717) is 11.6 Å². The summed E-state index contributed by atoms with van der Waals surface area (Å²) in [6, 6.07) is 7.52. The molecule has 0 amide bonds. The zero-order chi connectivity index (χ0) is 11.2. The number of aromatic nitrogens is 1. The molecule has 3 heteroatoms. The standard InChI is InChI=1S/C13H15N3/c14-9-12-7-4-8-13(16-12)15-10-11-5-2-1-3-6-11/h1-2,4,7-8,11H,3,5-6,10H2,(H,15,16). The minimum Gasteiger partial charge on any atom is -0.370 e. The van der Waals surface area contributed by atoms with Crippen LogP contribution >= 0.6 is 0 Å². The van der Waals surface area contributed by atoms with E-state index in [1.54, 1.807) is 6.07 Å². The first-order valence-corrected chi connectivity index (χ1v) is 5.64. The molecule has 1 N–H and O–H groups in total. The van der Waals surface area contributed by atoms with Gasteiger partial charge < -0.3 is 5.32 Å². The van der Waals surface area contributed by atoms with E-state index in [9.17, 15) is 0 Å². The van der Waals surface area contributed by atoms with Gasteiger partial charge in [-0.25, -0.2) is 4.98 Å². The lowest BCUT2D eigenvalue weighted by molar-refractivity contribution is 0.503. The van der Waals surface area contributed by atoms with Gasteiger partial charge >= 0.3 is 0 Å². The van der Waals surface area contributed by atoms with Crippen molar-refractivity contribution in [2.75, 3.05) is 11.9 Å². The van der Waals surface area contributed by atoms with Crippen LogP contribution in [0.1, 0.15) is 25.0 Å². The predicted octanol–water partition coefficient (Wildman–Crippen LogP) is 2.72. The number of nitrogens with one attached hydrogen (secondary N) is 1. The second-order valence-corrected chi connectivity index (χ2v) is 4.05. The molecule has 0 radical (unpaired) electrons. The SMILES string of the molecule is N#Cc1cccc(NCC2CC=CCC2)n1. The minimum absolute atomic E-state index is 0.466. The van der Waals surface area contributed by atoms with Crippen molar-refractivity contribution in [1.29, 1.82) is 5.26 Å². The van der Waals surface area contributed by atoms with Gasteiger partial charge in [0.1, 0.15) is 17.6 Å². The van der Waals surface area contributed by atoms with E-state index >= 15 is 0 Å². The molecule has 0 aromatic carbocycles. The zero-order valence-corrected chi connectivity index (χ0v) is 9.19. The van der Waals surface area contributed by atoms with Gasteiger partial charge in [-0.1, -0.05) is 18.2 Å². The third kappa shape index (κ3) is 2.83. The van der Waals surface area contributed by atoms with Gasteiger partial charge in [-0.05, 0) is 37.3 Å². The van der Waals surface area contributed by atoms with Crippen molar-refractivity contribution < 1.29 is 0 Å². The van der Waals surface area contributed by atoms with Gasteiger partial charge in [-0.15, -0.1) is 0 Å². The molecule has 0 aliphatic heterocycles. The minimum atomic E-state index is 0.466. The maximum atomic E-state index is 8.73. The molecule has 0 saturated heterocycles. The summed E-state index contributed by atoms with van der Waals surface area (Å²) < 4.78 is 0. The lowest BCUT2D eigenvalue weighted by Crippen LogP contribution is -2.16. The van der Waals surface area contributed by atoms with Crippen LogP contribution in [-0.2, 0) is 0 Å². The molecule has 1 aromatic rings. The van der Waals surface area contributed by atoms with Gasteiger partial charge in [0.15, 0.2) is 0 Å². The molecule has 16 heavy (non-hydrogen) atoms. The van der Waals surface area contributed by atoms with E-state index < -0.39 is 0 Å². The Balaban J connectivity index is 1.89. The van der Waals surface area contributed by atoms with Crippen LogP contribution in [-0.4, -0.2) is 11.5 Å². The number of nitrogens with zero attached hydrogens (tertiary/aromatic N) is 2. The van der Waals surface area contributed by atoms with Crippen LogP contribution < -0.4 is 5.32 Å². The molecule has 1 unspecified atom stereocenters. The van der Waals surface area contributed by atoms with Crippen molar-refractivity contribution in [2.45, 2.75) is 19.3 Å². The Labute approximate surface area is 95.8 Å². The molecular weight excluding hydrogens is 198 g/mol. The Morgan fingerprint density at radius 3 is 3.12 bits per heavy atom. The Morgan fingerprint density at radius 2 is 2.38 bits per heavy atom. The fourth-order valence-corrected chi connectivity index (χ4v) is 1.89. The van der Waals surface area contributed by atoms with Gasteiger partial charge in [-0.2, -0.15) is 5.26 Å². The second kappa shape index (κ2) is 5.32. The monoisotopic (exact) mass is 213 g/mol. The molecule has 2 rings (SSSR count). The number of allylic oxidation sites excluding steroid dienone is 2. The summed E-state index contributed by atoms with van der Waals surface area (Å²) in [5.74, 6) is 1.49. The highest BCUT2D eigenvalue weighted by Gasteiger charge is 2.09. The van der Waals surface area contributed by atoms with E-state index in [-0.39, 0.29) is 0 Å². The molecule has 1 atom stereocenters. The van der Waals surface area contributed by atoms with E-state index in [4.69, 9.17) is 5.26 Å². The number of anilines is 1. The van der Waals surface area contributed by atoms with Crippen molar-refractivity contribution in [3.05, 3.63) is 36.0 Å². The molecule has 1 heterocycles. The fraction of sp³-hybridized carbons (Fsp3) is 0.385. The largest absolute Gasteiger partial charge is 0.370 e. The molecule has 1 aliphatic carbocycles. The molecule has 0 saturated carbocycles. The first-order valence-electron chi connectivity index (χ1n) is 5.64. The third-order valence-electron chi connectivity index (χ3n) is 2.81. The fourth-order valence-electron chi connectivity index (χ4n) is 1.89. The normalized spacial score (nSPS) is 19.1. The number of pyridine rings is 1. The van der Waals surface area contributed by atoms with Crippen LogP contribution in [0.15, 0.2) is 30.4 Å². The van der Waals surface area contributed by atoms with Crippen LogP contribution in [0.2, 0.25) is 0 Å². The molecule has 3 nitrogen and oxygen atoms in total. The highest BCUT2D eigenvalue weighted by Crippen LogP contribution is 2.18. The first-order chi connectivity index (χ1) is 7.88. The smallest absolute Gasteiger partial charge is 0.142 e. The van der Waals surface area contributed by atoms with E-state index in [0.717, 1.165) is 18.8 Å². The van der Waals surface area contributed by atoms with Gasteiger partial charge in [0.2, 0.25) is 0 Å². The number of hydrogen-bond donors (Lipinski definition) is 1. The van der Waals surface area contributed by atoms with Crippen molar-refractivity contribution in [2.24, 2.45) is 5.92 Å². The molecule has 0 spiro atoms. The van der Waals surface area contributed by atoms with E-state index in [2.05, 4.69) is 22.5 Å². The molecule has 1 aliphatic rings. The quantitative estimate of drug-likeness (QED) is 0.785. The van der Waals surface area contributed by atoms with Crippen LogP contribution in [0.25, 0.3) is 0 Å². The van der Waals surface area contributed by atoms with Crippen LogP contribution in [0.4, 0.5) is 5.82 Å². The molecule has 0 bridgehead atoms. The Kier molecular flexibility index (Phi) is 3.55. The second-order valence-electron chi connectivity index (χ2n) is 4.05. The van der Waals surface area contributed by atoms with Gasteiger partial charge in [0.05, 0.1) is 0 Å². The van der Waals surface area contributed by atoms with Crippen LogP contribution in [0.3, 0.4) is 0 Å². The van der Waals surface area contributed by atoms with Crippen molar-refractivity contribution >= 4 is 5.82 Å². The summed E-state index contributed by atoms with van der Waals surface area (Å²) >= 11 is 0. The Morgan fingerprint density at radius 1 is 1.44 bits per heavy atom. The highest BCUT2D eigenvalue weighted by molar-refractivity contribution is 5.38. The van der Waals surface area contributed by atoms with Crippen molar-refractivity contribution in [3.8, 4) is 6.07 Å². The average molecular weight is 213 g/mol. The summed E-state index contributed by atoms with van der Waals surface area (Å²) in [6.45, 7) is 0.937. The van der Waals surface area contributed by atoms with Crippen molar-refractivity contribution in [1.82, 2.24) is 4.98 Å². The molecular formula is C13H15N3. The average Bonchev–Trinajstić information content (AvgIpc) is 2.38. The number of rotatable bonds is 3. The summed E-state index contributed by atoms with van der Waals surface area (Å²) in [7, 11) is 0. The molecule has 82 valence electrons. The maximum absolute atomic E-state index is 8.73. The van der Waals surface area contributed by atoms with Gasteiger partial charge in [0.25, 0.3) is 0 Å². The summed E-state index contributed by atoms with van der Waals surface area (Å²) in [6.07, 6.45) is 8.05. The van der Waals surface area contributed by atoms with Gasteiger partial charge in [0, 0.05) is 6.54 Å². The molecule has 0 fully saturated rings. The predicted molar refractivity (Wildman–Crippen MR) is 63.9 cm³/mol. The molecule has 1 aromatic heterocycles. The summed E-state index contributed by atoms with van der Waals surface area (Å²) in [5.41, 5.74) is 0.466. The lowest BCUT2D eigenvalue weighted by atomic mass is 9.94. The van der Waals surface area contributed by atoms with Gasteiger partial charge in [-0.3, -0.25) is 0 Å². The maximum Gasteiger partial charge on any atom is 0.142 e. The number of hydrogen-bond acceptors (Lipinski definition) is 3. The summed E-state index contributed by atoms with van der Waals surface area (Å²) in [4.78, 5) is 4.19. The zero-order valence-electron chi connectivity index (χ0n) is 9.19. The van der Waals surface area contributed by atoms with E-state index in [1.165, 1.54) is 12.8 Å². The Hall–Kier alpha value is -1.82. The third-order valence-corrected chi connectivity index (χ3v) is 2.81. The topological polar surface area (TPSA) is 48.7 Å². The van der Waals surface area contributed by atoms with E-state index in [1.807, 2.05) is 18.2 Å².